The molecule has 0 saturated carbocycles. The second-order valence-corrected chi connectivity index (χ2v) is 6.31. The van der Waals surface area contributed by atoms with E-state index in [0.29, 0.717) is 13.1 Å². The number of hydrogen-bond donors (Lipinski definition) is 0. The van der Waals surface area contributed by atoms with Crippen LogP contribution >= 0.6 is 0 Å². The summed E-state index contributed by atoms with van der Waals surface area (Å²) in [7, 11) is 0. The van der Waals surface area contributed by atoms with Crippen LogP contribution in [-0.2, 0) is 4.74 Å². The lowest BCUT2D eigenvalue weighted by atomic mass is 10.2. The molecule has 1 amide bonds. The first-order valence-corrected chi connectivity index (χ1v) is 7.35. The van der Waals surface area contributed by atoms with E-state index in [2.05, 4.69) is 21.8 Å². The molecular formula is C15H24N4O2. The molecule has 1 atom stereocenters. The predicted molar refractivity (Wildman–Crippen MR) is 79.8 cm³/mol. The Labute approximate surface area is 126 Å². The van der Waals surface area contributed by atoms with Crippen LogP contribution in [0.15, 0.2) is 18.6 Å². The first kappa shape index (κ1) is 15.7. The summed E-state index contributed by atoms with van der Waals surface area (Å²) in [5, 5.41) is 0. The zero-order chi connectivity index (χ0) is 15.5. The Hall–Kier alpha value is -1.69. The van der Waals surface area contributed by atoms with Crippen molar-refractivity contribution in [1.29, 1.82) is 0 Å². The van der Waals surface area contributed by atoms with E-state index >= 15 is 0 Å². The van der Waals surface area contributed by atoms with Gasteiger partial charge in [0.15, 0.2) is 0 Å². The van der Waals surface area contributed by atoms with Gasteiger partial charge in [0.1, 0.15) is 5.60 Å². The lowest BCUT2D eigenvalue weighted by molar-refractivity contribution is 0.0108. The van der Waals surface area contributed by atoms with Crippen molar-refractivity contribution in [3.8, 4) is 0 Å². The molecule has 1 aliphatic rings. The van der Waals surface area contributed by atoms with Gasteiger partial charge in [-0.15, -0.1) is 0 Å². The summed E-state index contributed by atoms with van der Waals surface area (Å²) in [6, 6.07) is 0.208. The Balaban J connectivity index is 1.87. The molecule has 21 heavy (non-hydrogen) atoms. The van der Waals surface area contributed by atoms with Crippen molar-refractivity contribution in [2.24, 2.45) is 0 Å². The highest BCUT2D eigenvalue weighted by Gasteiger charge is 2.28. The number of rotatable bonds is 2. The van der Waals surface area contributed by atoms with Crippen LogP contribution in [0, 0.1) is 0 Å². The summed E-state index contributed by atoms with van der Waals surface area (Å²) in [5.41, 5.74) is 0.518. The minimum atomic E-state index is -0.443. The Bertz CT molecular complexity index is 464. The molecule has 1 aliphatic heterocycles. The number of carbonyl (C=O) groups excluding carboxylic acids is 1. The molecule has 0 aromatic carbocycles. The Morgan fingerprint density at radius 3 is 2.43 bits per heavy atom. The summed E-state index contributed by atoms with van der Waals surface area (Å²) in [5.74, 6) is 0. The minimum absolute atomic E-state index is 0.208. The van der Waals surface area contributed by atoms with Crippen LogP contribution in [0.5, 0.6) is 0 Å². The minimum Gasteiger partial charge on any atom is -0.444 e. The molecule has 0 radical (unpaired) electrons. The van der Waals surface area contributed by atoms with Crippen molar-refractivity contribution in [2.45, 2.75) is 39.3 Å². The highest BCUT2D eigenvalue weighted by Crippen LogP contribution is 2.20. The maximum atomic E-state index is 12.0. The van der Waals surface area contributed by atoms with E-state index in [9.17, 15) is 4.79 Å². The fourth-order valence-corrected chi connectivity index (χ4v) is 2.33. The summed E-state index contributed by atoms with van der Waals surface area (Å²) < 4.78 is 5.40. The first-order chi connectivity index (χ1) is 9.87. The third kappa shape index (κ3) is 4.39. The van der Waals surface area contributed by atoms with Gasteiger partial charge in [0.05, 0.1) is 11.7 Å². The van der Waals surface area contributed by atoms with Crippen LogP contribution in [0.3, 0.4) is 0 Å². The van der Waals surface area contributed by atoms with Gasteiger partial charge in [0.2, 0.25) is 0 Å². The number of ether oxygens (including phenoxy) is 1. The second-order valence-electron chi connectivity index (χ2n) is 6.31. The van der Waals surface area contributed by atoms with Gasteiger partial charge in [-0.1, -0.05) is 0 Å². The highest BCUT2D eigenvalue weighted by atomic mass is 16.6. The van der Waals surface area contributed by atoms with Gasteiger partial charge in [-0.2, -0.15) is 0 Å². The van der Waals surface area contributed by atoms with E-state index in [1.165, 1.54) is 0 Å². The highest BCUT2D eigenvalue weighted by molar-refractivity contribution is 5.68. The monoisotopic (exact) mass is 292 g/mol. The molecule has 0 spiro atoms. The number of aromatic nitrogens is 2. The molecule has 1 aromatic heterocycles. The number of nitrogens with zero attached hydrogens (tertiary/aromatic N) is 4. The van der Waals surface area contributed by atoms with E-state index in [1.807, 2.05) is 20.8 Å². The van der Waals surface area contributed by atoms with E-state index in [0.717, 1.165) is 18.8 Å². The molecule has 0 N–H and O–H groups in total. The molecule has 6 nitrogen and oxygen atoms in total. The zero-order valence-corrected chi connectivity index (χ0v) is 13.2. The molecular weight excluding hydrogens is 268 g/mol. The fourth-order valence-electron chi connectivity index (χ4n) is 2.33. The lowest BCUT2D eigenvalue weighted by Gasteiger charge is -2.38. The standard InChI is InChI=1S/C15H24N4O2/c1-12(13-11-16-5-6-17-13)18-7-9-19(10-8-18)14(20)21-15(2,3)4/h5-6,11-12H,7-10H2,1-4H3/t12-/m1/s1. The second kappa shape index (κ2) is 6.39. The SMILES string of the molecule is C[C@H](c1cnccn1)N1CCN(C(=O)OC(C)(C)C)CC1. The van der Waals surface area contributed by atoms with Gasteiger partial charge >= 0.3 is 6.09 Å². The van der Waals surface area contributed by atoms with E-state index < -0.39 is 5.60 Å². The van der Waals surface area contributed by atoms with Crippen molar-refractivity contribution in [2.75, 3.05) is 26.2 Å². The Morgan fingerprint density at radius 1 is 1.24 bits per heavy atom. The third-order valence-electron chi connectivity index (χ3n) is 3.52. The van der Waals surface area contributed by atoms with Crippen molar-refractivity contribution in [3.05, 3.63) is 24.3 Å². The van der Waals surface area contributed by atoms with Crippen LogP contribution in [-0.4, -0.2) is 57.6 Å². The number of carbonyl (C=O) groups is 1. The molecule has 2 heterocycles. The van der Waals surface area contributed by atoms with E-state index in [1.54, 1.807) is 23.5 Å². The van der Waals surface area contributed by atoms with Crippen molar-refractivity contribution >= 4 is 6.09 Å². The molecule has 0 bridgehead atoms. The smallest absolute Gasteiger partial charge is 0.410 e. The van der Waals surface area contributed by atoms with Gasteiger partial charge in [0.25, 0.3) is 0 Å². The van der Waals surface area contributed by atoms with Crippen LogP contribution < -0.4 is 0 Å². The van der Waals surface area contributed by atoms with E-state index in [-0.39, 0.29) is 12.1 Å². The summed E-state index contributed by atoms with van der Waals surface area (Å²) >= 11 is 0. The Morgan fingerprint density at radius 2 is 1.90 bits per heavy atom. The topological polar surface area (TPSA) is 58.6 Å². The fraction of sp³-hybridized carbons (Fsp3) is 0.667. The van der Waals surface area contributed by atoms with Crippen molar-refractivity contribution < 1.29 is 9.53 Å². The van der Waals surface area contributed by atoms with Gasteiger partial charge in [-0.25, -0.2) is 4.79 Å². The molecule has 6 heteroatoms. The summed E-state index contributed by atoms with van der Waals surface area (Å²) in [6.45, 7) is 10.8. The van der Waals surface area contributed by atoms with Crippen LogP contribution in [0.25, 0.3) is 0 Å². The predicted octanol–water partition coefficient (Wildman–Crippen LogP) is 2.09. The van der Waals surface area contributed by atoms with Gasteiger partial charge in [-0.05, 0) is 27.7 Å². The van der Waals surface area contributed by atoms with Crippen molar-refractivity contribution in [3.63, 3.8) is 0 Å². The molecule has 0 unspecified atom stereocenters. The first-order valence-electron chi connectivity index (χ1n) is 7.35. The molecule has 1 aromatic rings. The third-order valence-corrected chi connectivity index (χ3v) is 3.52. The lowest BCUT2D eigenvalue weighted by Crippen LogP contribution is -2.50. The molecule has 1 saturated heterocycles. The summed E-state index contributed by atoms with van der Waals surface area (Å²) in [6.07, 6.45) is 4.96. The normalized spacial score (nSPS) is 18.4. The molecule has 2 rings (SSSR count). The number of amides is 1. The van der Waals surface area contributed by atoms with Crippen molar-refractivity contribution in [1.82, 2.24) is 19.8 Å². The quantitative estimate of drug-likeness (QED) is 0.835. The zero-order valence-electron chi connectivity index (χ0n) is 13.2. The maximum Gasteiger partial charge on any atom is 0.410 e. The average Bonchev–Trinajstić information content (AvgIpc) is 2.46. The van der Waals surface area contributed by atoms with Crippen LogP contribution in [0.1, 0.15) is 39.4 Å². The largest absolute Gasteiger partial charge is 0.444 e. The molecule has 1 fully saturated rings. The summed E-state index contributed by atoms with van der Waals surface area (Å²) in [4.78, 5) is 24.6. The molecule has 116 valence electrons. The van der Waals surface area contributed by atoms with E-state index in [4.69, 9.17) is 4.74 Å². The van der Waals surface area contributed by atoms with Crippen LogP contribution in [0.4, 0.5) is 4.79 Å². The molecule has 0 aliphatic carbocycles. The maximum absolute atomic E-state index is 12.0. The Kier molecular flexibility index (Phi) is 4.77. The van der Waals surface area contributed by atoms with Crippen LogP contribution in [0.2, 0.25) is 0 Å². The average molecular weight is 292 g/mol. The van der Waals surface area contributed by atoms with Gasteiger partial charge in [-0.3, -0.25) is 14.9 Å². The number of hydrogen-bond acceptors (Lipinski definition) is 5. The number of piperazine rings is 1. The van der Waals surface area contributed by atoms with Gasteiger partial charge < -0.3 is 9.64 Å². The van der Waals surface area contributed by atoms with Gasteiger partial charge in [0, 0.05) is 44.8 Å².